The highest BCUT2D eigenvalue weighted by atomic mass is 16.4. The first kappa shape index (κ1) is 17.4. The van der Waals surface area contributed by atoms with E-state index in [0.29, 0.717) is 12.5 Å². The Morgan fingerprint density at radius 1 is 1.23 bits per heavy atom. The molecule has 2 rings (SSSR count). The van der Waals surface area contributed by atoms with Crippen LogP contribution in [0.25, 0.3) is 0 Å². The van der Waals surface area contributed by atoms with Crippen molar-refractivity contribution in [3.05, 3.63) is 0 Å². The first-order valence-corrected chi connectivity index (χ1v) is 8.32. The molecule has 1 amide bonds. The van der Waals surface area contributed by atoms with E-state index < -0.39 is 13.1 Å². The van der Waals surface area contributed by atoms with E-state index in [0.717, 1.165) is 13.0 Å². The van der Waals surface area contributed by atoms with E-state index in [1.807, 2.05) is 13.8 Å². The lowest BCUT2D eigenvalue weighted by atomic mass is 9.75. The molecule has 6 nitrogen and oxygen atoms in total. The van der Waals surface area contributed by atoms with Crippen molar-refractivity contribution in [2.24, 2.45) is 5.92 Å². The number of carbonyl (C=O) groups is 2. The van der Waals surface area contributed by atoms with Crippen LogP contribution >= 0.6 is 0 Å². The second-order valence-corrected chi connectivity index (χ2v) is 6.96. The van der Waals surface area contributed by atoms with Crippen LogP contribution in [0.2, 0.25) is 0 Å². The van der Waals surface area contributed by atoms with Crippen molar-refractivity contribution >= 4 is 18.8 Å². The number of rotatable bonds is 9. The Hall–Kier alpha value is -0.915. The number of amides is 1. The highest BCUT2D eigenvalue weighted by Gasteiger charge is 2.42. The third kappa shape index (κ3) is 4.79. The van der Waals surface area contributed by atoms with E-state index >= 15 is 0 Å². The predicted octanol–water partition coefficient (Wildman–Crippen LogP) is 0.115. The zero-order chi connectivity index (χ0) is 16.3. The maximum Gasteiger partial charge on any atom is 0.475 e. The van der Waals surface area contributed by atoms with Crippen molar-refractivity contribution in [1.29, 1.82) is 0 Å². The van der Waals surface area contributed by atoms with Gasteiger partial charge in [0.2, 0.25) is 5.91 Å². The van der Waals surface area contributed by atoms with Gasteiger partial charge in [0.25, 0.3) is 0 Å². The van der Waals surface area contributed by atoms with Crippen LogP contribution in [0, 0.1) is 5.92 Å². The average Bonchev–Trinajstić information content (AvgIpc) is 3.18. The minimum absolute atomic E-state index is 0.00944. The van der Waals surface area contributed by atoms with E-state index in [9.17, 15) is 19.6 Å². The summed E-state index contributed by atoms with van der Waals surface area (Å²) in [7, 11) is -1.57. The lowest BCUT2D eigenvalue weighted by Crippen LogP contribution is -2.53. The summed E-state index contributed by atoms with van der Waals surface area (Å²) in [5, 5.41) is 21.2. The second kappa shape index (κ2) is 7.57. The third-order valence-corrected chi connectivity index (χ3v) is 4.48. The number of hydrogen-bond acceptors (Lipinski definition) is 5. The molecule has 1 saturated heterocycles. The van der Waals surface area contributed by atoms with Crippen LogP contribution in [-0.2, 0) is 9.59 Å². The molecule has 3 N–H and O–H groups in total. The molecule has 1 aliphatic carbocycles. The average molecular weight is 310 g/mol. The Labute approximate surface area is 132 Å². The molecule has 0 spiro atoms. The molecule has 1 unspecified atom stereocenters. The number of likely N-dealkylation sites (tertiary alicyclic amines) is 1. The van der Waals surface area contributed by atoms with Gasteiger partial charge in [-0.15, -0.1) is 0 Å². The topological polar surface area (TPSA) is 89.9 Å². The van der Waals surface area contributed by atoms with E-state index in [2.05, 4.69) is 10.2 Å². The van der Waals surface area contributed by atoms with Crippen LogP contribution in [0.4, 0.5) is 0 Å². The fraction of sp³-hybridized carbons (Fsp3) is 0.867. The molecule has 2 aliphatic rings. The van der Waals surface area contributed by atoms with E-state index in [4.69, 9.17) is 0 Å². The van der Waals surface area contributed by atoms with Crippen molar-refractivity contribution in [3.63, 3.8) is 0 Å². The van der Waals surface area contributed by atoms with Gasteiger partial charge in [-0.1, -0.05) is 13.8 Å². The standard InChI is InChI=1S/C15H27BN2O4/c1-10(2)9-14(16(21)22)17-15(20)6-5-13(19)12-7-8-18(12)11-3-4-11/h10-12,14,21-22H,3-9H2,1-2H3,(H,17,20)/t12-,14?/m0/s1. The first-order chi connectivity index (χ1) is 10.4. The summed E-state index contributed by atoms with van der Waals surface area (Å²) >= 11 is 0. The number of hydrogen-bond donors (Lipinski definition) is 3. The third-order valence-electron chi connectivity index (χ3n) is 4.48. The lowest BCUT2D eigenvalue weighted by molar-refractivity contribution is -0.131. The Kier molecular flexibility index (Phi) is 6.00. The van der Waals surface area contributed by atoms with Gasteiger partial charge in [0.05, 0.1) is 12.0 Å². The van der Waals surface area contributed by atoms with Gasteiger partial charge in [0, 0.05) is 25.4 Å². The second-order valence-electron chi connectivity index (χ2n) is 6.96. The van der Waals surface area contributed by atoms with Gasteiger partial charge in [-0.05, 0) is 31.6 Å². The van der Waals surface area contributed by atoms with Crippen LogP contribution in [-0.4, -0.2) is 58.3 Å². The predicted molar refractivity (Wildman–Crippen MR) is 84.0 cm³/mol. The van der Waals surface area contributed by atoms with Crippen molar-refractivity contribution in [2.75, 3.05) is 6.54 Å². The van der Waals surface area contributed by atoms with Crippen LogP contribution in [0.1, 0.15) is 52.4 Å². The highest BCUT2D eigenvalue weighted by molar-refractivity contribution is 6.43. The molecule has 1 heterocycles. The normalized spacial score (nSPS) is 23.0. The fourth-order valence-corrected chi connectivity index (χ4v) is 3.04. The molecule has 0 radical (unpaired) electrons. The number of nitrogens with zero attached hydrogens (tertiary/aromatic N) is 1. The molecule has 22 heavy (non-hydrogen) atoms. The maximum absolute atomic E-state index is 12.1. The zero-order valence-electron chi connectivity index (χ0n) is 13.5. The van der Waals surface area contributed by atoms with Gasteiger partial charge in [-0.3, -0.25) is 14.5 Å². The largest absolute Gasteiger partial charge is 0.475 e. The highest BCUT2D eigenvalue weighted by Crippen LogP contribution is 2.35. The van der Waals surface area contributed by atoms with E-state index in [-0.39, 0.29) is 36.5 Å². The summed E-state index contributed by atoms with van der Waals surface area (Å²) in [5.74, 6) is -0.576. The molecule has 1 aliphatic heterocycles. The SMILES string of the molecule is CC(C)CC(NC(=O)CCC(=O)[C@@H]1CCN1C1CC1)B(O)O. The number of nitrogens with one attached hydrogen (secondary N) is 1. The monoisotopic (exact) mass is 310 g/mol. The van der Waals surface area contributed by atoms with Crippen LogP contribution in [0.15, 0.2) is 0 Å². The molecular weight excluding hydrogens is 283 g/mol. The summed E-state index contributed by atoms with van der Waals surface area (Å²) in [4.78, 5) is 26.3. The molecule has 0 aromatic carbocycles. The summed E-state index contributed by atoms with van der Waals surface area (Å²) in [6.07, 6.45) is 4.13. The Balaban J connectivity index is 1.71. The van der Waals surface area contributed by atoms with Gasteiger partial charge in [-0.2, -0.15) is 0 Å². The van der Waals surface area contributed by atoms with Gasteiger partial charge in [0.1, 0.15) is 0 Å². The van der Waals surface area contributed by atoms with Gasteiger partial charge in [0.15, 0.2) is 5.78 Å². The molecule has 0 aromatic heterocycles. The summed E-state index contributed by atoms with van der Waals surface area (Å²) < 4.78 is 0. The maximum atomic E-state index is 12.1. The number of carbonyl (C=O) groups excluding carboxylic acids is 2. The van der Waals surface area contributed by atoms with Gasteiger partial charge in [-0.25, -0.2) is 0 Å². The smallest absolute Gasteiger partial charge is 0.426 e. The Morgan fingerprint density at radius 2 is 1.91 bits per heavy atom. The van der Waals surface area contributed by atoms with Crippen LogP contribution in [0.5, 0.6) is 0 Å². The summed E-state index contributed by atoms with van der Waals surface area (Å²) in [6, 6.07) is 0.603. The fourth-order valence-electron chi connectivity index (χ4n) is 3.04. The quantitative estimate of drug-likeness (QED) is 0.526. The summed E-state index contributed by atoms with van der Waals surface area (Å²) in [6.45, 7) is 4.91. The number of Topliss-reactive ketones (excluding diaryl/α,β-unsaturated/α-hetero) is 1. The molecule has 2 atom stereocenters. The van der Waals surface area contributed by atoms with Crippen molar-refractivity contribution < 1.29 is 19.6 Å². The van der Waals surface area contributed by atoms with Crippen molar-refractivity contribution in [3.8, 4) is 0 Å². The Morgan fingerprint density at radius 3 is 2.36 bits per heavy atom. The van der Waals surface area contributed by atoms with Crippen molar-refractivity contribution in [2.45, 2.75) is 70.4 Å². The molecule has 1 saturated carbocycles. The number of ketones is 1. The minimum atomic E-state index is -1.57. The van der Waals surface area contributed by atoms with Crippen LogP contribution in [0.3, 0.4) is 0 Å². The Bertz CT molecular complexity index is 412. The molecule has 0 aromatic rings. The molecule has 7 heteroatoms. The summed E-state index contributed by atoms with van der Waals surface area (Å²) in [5.41, 5.74) is 0. The van der Waals surface area contributed by atoms with Gasteiger partial charge >= 0.3 is 7.12 Å². The molecule has 2 fully saturated rings. The van der Waals surface area contributed by atoms with Crippen LogP contribution < -0.4 is 5.32 Å². The zero-order valence-corrected chi connectivity index (χ0v) is 13.5. The molecular formula is C15H27BN2O4. The van der Waals surface area contributed by atoms with Gasteiger partial charge < -0.3 is 15.4 Å². The molecule has 0 bridgehead atoms. The van der Waals surface area contributed by atoms with E-state index in [1.165, 1.54) is 12.8 Å². The van der Waals surface area contributed by atoms with E-state index in [1.54, 1.807) is 0 Å². The minimum Gasteiger partial charge on any atom is -0.426 e. The first-order valence-electron chi connectivity index (χ1n) is 8.32. The van der Waals surface area contributed by atoms with Crippen molar-refractivity contribution in [1.82, 2.24) is 10.2 Å². The molecule has 124 valence electrons. The lowest BCUT2D eigenvalue weighted by Gasteiger charge is -2.40.